The van der Waals surface area contributed by atoms with Gasteiger partial charge in [-0.25, -0.2) is 0 Å². The Morgan fingerprint density at radius 1 is 0.414 bits per heavy atom. The third-order valence-corrected chi connectivity index (χ3v) is 6.80. The van der Waals surface area contributed by atoms with E-state index >= 15 is 0 Å². The first-order chi connectivity index (χ1) is 14.1. The minimum absolute atomic E-state index is 0.963. The smallest absolute Gasteiger partial charge is 0.0122 e. The number of hydrogen-bond donors (Lipinski definition) is 0. The molecule has 2 heteroatoms. The fourth-order valence-electron chi connectivity index (χ4n) is 3.07. The second-order valence-corrected chi connectivity index (χ2v) is 9.59. The number of hydrogen-bond acceptors (Lipinski definition) is 2. The minimum atomic E-state index is 0.963. The van der Waals surface area contributed by atoms with Crippen LogP contribution in [0.25, 0.3) is 0 Å². The van der Waals surface area contributed by atoms with Crippen LogP contribution in [-0.2, 0) is 6.42 Å². The minimum Gasteiger partial charge on any atom is -0.0901 e. The molecule has 0 nitrogen and oxygen atoms in total. The largest absolute Gasteiger partial charge is 0.0901 e. The average Bonchev–Trinajstić information content (AvgIpc) is 2.74. The van der Waals surface area contributed by atoms with Gasteiger partial charge in [-0.2, -0.15) is 0 Å². The highest BCUT2D eigenvalue weighted by Crippen LogP contribution is 2.30. The van der Waals surface area contributed by atoms with Crippen molar-refractivity contribution < 1.29 is 0 Å². The molecule has 0 spiro atoms. The van der Waals surface area contributed by atoms with Crippen LogP contribution in [0.4, 0.5) is 0 Å². The lowest BCUT2D eigenvalue weighted by Gasteiger charge is -2.07. The first kappa shape index (κ1) is 19.9. The first-order valence-electron chi connectivity index (χ1n) is 9.81. The van der Waals surface area contributed by atoms with Gasteiger partial charge in [-0.05, 0) is 79.9 Å². The van der Waals surface area contributed by atoms with Gasteiger partial charge in [0, 0.05) is 19.6 Å². The molecule has 144 valence electrons. The lowest BCUT2D eigenvalue weighted by molar-refractivity contribution is 1.17. The van der Waals surface area contributed by atoms with Crippen molar-refractivity contribution in [2.24, 2.45) is 0 Å². The predicted molar refractivity (Wildman–Crippen MR) is 126 cm³/mol. The fraction of sp³-hybridized carbons (Fsp3) is 0.111. The summed E-state index contributed by atoms with van der Waals surface area (Å²) in [7, 11) is 0. The molecule has 0 atom stereocenters. The molecule has 0 saturated heterocycles. The van der Waals surface area contributed by atoms with Crippen LogP contribution in [0.1, 0.15) is 22.3 Å². The molecule has 4 rings (SSSR count). The van der Waals surface area contributed by atoms with Crippen molar-refractivity contribution in [3.8, 4) is 0 Å². The zero-order valence-corrected chi connectivity index (χ0v) is 18.4. The van der Waals surface area contributed by atoms with E-state index in [2.05, 4.69) is 111 Å². The van der Waals surface area contributed by atoms with Gasteiger partial charge in [-0.3, -0.25) is 0 Å². The van der Waals surface area contributed by atoms with Gasteiger partial charge in [0.2, 0.25) is 0 Å². The van der Waals surface area contributed by atoms with Gasteiger partial charge < -0.3 is 0 Å². The second-order valence-electron chi connectivity index (χ2n) is 7.29. The van der Waals surface area contributed by atoms with E-state index in [0.717, 1.165) is 6.42 Å². The van der Waals surface area contributed by atoms with Crippen LogP contribution >= 0.6 is 23.5 Å². The Morgan fingerprint density at radius 3 is 1.00 bits per heavy atom. The van der Waals surface area contributed by atoms with E-state index in [0.29, 0.717) is 0 Å². The maximum absolute atomic E-state index is 2.24. The van der Waals surface area contributed by atoms with E-state index in [1.54, 1.807) is 0 Å². The Bertz CT molecular complexity index is 957. The van der Waals surface area contributed by atoms with Gasteiger partial charge in [0.1, 0.15) is 0 Å². The molecule has 0 saturated carbocycles. The summed E-state index contributed by atoms with van der Waals surface area (Å²) in [5, 5.41) is 0. The second kappa shape index (κ2) is 9.39. The fourth-order valence-corrected chi connectivity index (χ4v) is 4.70. The van der Waals surface area contributed by atoms with Crippen LogP contribution in [0, 0.1) is 13.8 Å². The summed E-state index contributed by atoms with van der Waals surface area (Å²) in [4.78, 5) is 5.12. The Labute approximate surface area is 182 Å². The SMILES string of the molecule is Cc1ccc(Sc2ccc(Cc3ccc(Sc4ccc(C)cc4)cc3)cc2)cc1. The molecular formula is C27H24S2. The van der Waals surface area contributed by atoms with E-state index in [1.165, 1.54) is 41.8 Å². The molecule has 0 aromatic heterocycles. The van der Waals surface area contributed by atoms with Gasteiger partial charge in [-0.15, -0.1) is 0 Å². The van der Waals surface area contributed by atoms with Crippen LogP contribution in [0.5, 0.6) is 0 Å². The lowest BCUT2D eigenvalue weighted by Crippen LogP contribution is -1.88. The number of rotatable bonds is 6. The highest BCUT2D eigenvalue weighted by atomic mass is 32.2. The molecule has 0 N–H and O–H groups in total. The maximum atomic E-state index is 2.24. The number of benzene rings is 4. The molecule has 0 fully saturated rings. The predicted octanol–water partition coefficient (Wildman–Crippen LogP) is 8.20. The molecular weight excluding hydrogens is 388 g/mol. The molecule has 0 radical (unpaired) electrons. The zero-order chi connectivity index (χ0) is 20.1. The normalized spacial score (nSPS) is 10.8. The quantitative estimate of drug-likeness (QED) is 0.313. The van der Waals surface area contributed by atoms with Gasteiger partial charge in [-0.1, -0.05) is 83.2 Å². The molecule has 0 unspecified atom stereocenters. The third kappa shape index (κ3) is 5.79. The van der Waals surface area contributed by atoms with E-state index in [9.17, 15) is 0 Å². The van der Waals surface area contributed by atoms with Crippen LogP contribution in [-0.4, -0.2) is 0 Å². The molecule has 29 heavy (non-hydrogen) atoms. The molecule has 0 aliphatic heterocycles. The molecule has 4 aromatic carbocycles. The topological polar surface area (TPSA) is 0 Å². The standard InChI is InChI=1S/C27H24S2/c1-20-3-11-24(12-4-20)28-26-15-7-22(8-16-26)19-23-9-17-27(18-10-23)29-25-13-5-21(2)6-14-25/h3-18H,19H2,1-2H3. The highest BCUT2D eigenvalue weighted by molar-refractivity contribution is 7.99. The Hall–Kier alpha value is -2.42. The van der Waals surface area contributed by atoms with Crippen LogP contribution in [0.3, 0.4) is 0 Å². The summed E-state index contributed by atoms with van der Waals surface area (Å²) in [6.07, 6.45) is 0.963. The van der Waals surface area contributed by atoms with Crippen molar-refractivity contribution in [1.29, 1.82) is 0 Å². The van der Waals surface area contributed by atoms with E-state index in [1.807, 2.05) is 23.5 Å². The summed E-state index contributed by atoms with van der Waals surface area (Å²) in [6, 6.07) is 35.3. The Morgan fingerprint density at radius 2 is 0.690 bits per heavy atom. The summed E-state index contributed by atoms with van der Waals surface area (Å²) >= 11 is 3.62. The van der Waals surface area contributed by atoms with Crippen molar-refractivity contribution in [3.05, 3.63) is 119 Å². The summed E-state index contributed by atoms with van der Waals surface area (Å²) in [5.41, 5.74) is 5.29. The molecule has 0 bridgehead atoms. The van der Waals surface area contributed by atoms with E-state index in [4.69, 9.17) is 0 Å². The van der Waals surface area contributed by atoms with Crippen molar-refractivity contribution in [3.63, 3.8) is 0 Å². The van der Waals surface area contributed by atoms with Crippen LogP contribution < -0.4 is 0 Å². The Balaban J connectivity index is 1.36. The molecule has 0 amide bonds. The summed E-state index contributed by atoms with van der Waals surface area (Å²) < 4.78 is 0. The van der Waals surface area contributed by atoms with Gasteiger partial charge in [0.15, 0.2) is 0 Å². The van der Waals surface area contributed by atoms with Crippen molar-refractivity contribution >= 4 is 23.5 Å². The van der Waals surface area contributed by atoms with Gasteiger partial charge in [0.25, 0.3) is 0 Å². The monoisotopic (exact) mass is 412 g/mol. The van der Waals surface area contributed by atoms with Crippen molar-refractivity contribution in [2.75, 3.05) is 0 Å². The van der Waals surface area contributed by atoms with E-state index in [-0.39, 0.29) is 0 Å². The Kier molecular flexibility index (Phi) is 6.43. The number of aryl methyl sites for hydroxylation is 2. The average molecular weight is 413 g/mol. The summed E-state index contributed by atoms with van der Waals surface area (Å²) in [5.74, 6) is 0. The van der Waals surface area contributed by atoms with Crippen LogP contribution in [0.2, 0.25) is 0 Å². The van der Waals surface area contributed by atoms with Crippen molar-refractivity contribution in [1.82, 2.24) is 0 Å². The molecule has 0 aliphatic rings. The van der Waals surface area contributed by atoms with Crippen molar-refractivity contribution in [2.45, 2.75) is 39.9 Å². The summed E-state index contributed by atoms with van der Waals surface area (Å²) in [6.45, 7) is 4.24. The third-order valence-electron chi connectivity index (χ3n) is 4.77. The van der Waals surface area contributed by atoms with E-state index < -0.39 is 0 Å². The molecule has 4 aromatic rings. The first-order valence-corrected chi connectivity index (χ1v) is 11.4. The van der Waals surface area contributed by atoms with Gasteiger partial charge in [0.05, 0.1) is 0 Å². The van der Waals surface area contributed by atoms with Crippen LogP contribution in [0.15, 0.2) is 117 Å². The van der Waals surface area contributed by atoms with Gasteiger partial charge >= 0.3 is 0 Å². The zero-order valence-electron chi connectivity index (χ0n) is 16.8. The highest BCUT2D eigenvalue weighted by Gasteiger charge is 2.02. The lowest BCUT2D eigenvalue weighted by atomic mass is 10.1. The maximum Gasteiger partial charge on any atom is 0.0122 e. The molecule has 0 aliphatic carbocycles. The molecule has 0 heterocycles.